The number of hydrogen-bond donors (Lipinski definition) is 5. The summed E-state index contributed by atoms with van der Waals surface area (Å²) in [6, 6.07) is 4.95. The number of fused-ring (bicyclic) bond motifs is 1. The number of hydrogen-bond acceptors (Lipinski definition) is 15. The zero-order chi connectivity index (χ0) is 46.6. The molecule has 4 heterocycles. The Morgan fingerprint density at radius 3 is 2.32 bits per heavy atom. The molecule has 6 rings (SSSR count). The van der Waals surface area contributed by atoms with Gasteiger partial charge >= 0.3 is 6.09 Å². The number of benzene rings is 1. The molecule has 1 spiro atoms. The number of H-pyrrole nitrogens is 1. The number of aromatic amines is 1. The van der Waals surface area contributed by atoms with E-state index in [9.17, 15) is 23.6 Å². The fourth-order valence-corrected chi connectivity index (χ4v) is 9.30. The number of nitrogen functional groups attached to an aromatic ring is 1. The number of ether oxygens (including phenoxy) is 7. The van der Waals surface area contributed by atoms with Crippen molar-refractivity contribution in [1.82, 2.24) is 35.5 Å². The van der Waals surface area contributed by atoms with E-state index in [2.05, 4.69) is 57.7 Å². The third-order valence-corrected chi connectivity index (χ3v) is 12.7. The molecule has 0 bridgehead atoms. The summed E-state index contributed by atoms with van der Waals surface area (Å²) in [5, 5.41) is 8.69. The molecule has 1 saturated carbocycles. The first-order valence-electron chi connectivity index (χ1n) is 22.1. The third-order valence-electron chi connectivity index (χ3n) is 11.7. The number of carbonyl (C=O) groups is 3. The van der Waals surface area contributed by atoms with Crippen LogP contribution in [0.15, 0.2) is 45.9 Å². The number of methoxy groups -OCH3 is 1. The van der Waals surface area contributed by atoms with Crippen LogP contribution in [0.25, 0.3) is 11.2 Å². The van der Waals surface area contributed by atoms with Crippen LogP contribution in [0.1, 0.15) is 65.4 Å². The van der Waals surface area contributed by atoms with Gasteiger partial charge < -0.3 is 54.8 Å². The van der Waals surface area contributed by atoms with E-state index in [1.165, 1.54) is 24.6 Å². The van der Waals surface area contributed by atoms with Crippen LogP contribution < -0.4 is 27.2 Å². The summed E-state index contributed by atoms with van der Waals surface area (Å²) in [4.78, 5) is 61.7. The molecule has 3 aromatic rings. The normalized spacial score (nSPS) is 23.8. The van der Waals surface area contributed by atoms with E-state index in [0.717, 1.165) is 30.2 Å². The number of anilines is 1. The second-order valence-corrected chi connectivity index (χ2v) is 17.9. The van der Waals surface area contributed by atoms with Crippen molar-refractivity contribution in [1.29, 1.82) is 0 Å². The van der Waals surface area contributed by atoms with Crippen molar-refractivity contribution < 1.29 is 51.9 Å². The van der Waals surface area contributed by atoms with Gasteiger partial charge in [0.25, 0.3) is 5.56 Å². The van der Waals surface area contributed by atoms with Crippen LogP contribution in [-0.4, -0.2) is 145 Å². The molecule has 3 amide bonds. The molecule has 2 aliphatic heterocycles. The number of nitrogens with zero attached hydrogens (tertiary/aromatic N) is 3. The molecule has 3 aliphatic rings. The Kier molecular flexibility index (Phi) is 17.8. The van der Waals surface area contributed by atoms with Crippen molar-refractivity contribution in [2.75, 3.05) is 77.9 Å². The summed E-state index contributed by atoms with van der Waals surface area (Å²) in [6.07, 6.45) is 4.44. The minimum atomic E-state index is -0.912. The molecule has 19 nitrogen and oxygen atoms in total. The van der Waals surface area contributed by atoms with E-state index < -0.39 is 47.0 Å². The van der Waals surface area contributed by atoms with Gasteiger partial charge in [-0.05, 0) is 70.6 Å². The molecule has 21 heteroatoms. The first-order chi connectivity index (χ1) is 31.2. The summed E-state index contributed by atoms with van der Waals surface area (Å²) in [5.74, 6) is -1.22. The lowest BCUT2D eigenvalue weighted by atomic mass is 9.68. The Morgan fingerprint density at radius 2 is 1.69 bits per heavy atom. The highest BCUT2D eigenvalue weighted by Crippen LogP contribution is 2.59. The van der Waals surface area contributed by atoms with Gasteiger partial charge in [-0.1, -0.05) is 35.5 Å². The van der Waals surface area contributed by atoms with Crippen LogP contribution in [0, 0.1) is 11.7 Å². The Labute approximate surface area is 381 Å². The van der Waals surface area contributed by atoms with Crippen molar-refractivity contribution in [3.63, 3.8) is 0 Å². The molecular weight excluding hydrogens is 868 g/mol. The third kappa shape index (κ3) is 13.7. The number of rotatable bonds is 26. The lowest BCUT2D eigenvalue weighted by Crippen LogP contribution is -2.56. The number of amides is 3. The fourth-order valence-electron chi connectivity index (χ4n) is 8.28. The van der Waals surface area contributed by atoms with Crippen LogP contribution >= 0.6 is 11.8 Å². The van der Waals surface area contributed by atoms with Crippen molar-refractivity contribution >= 4 is 46.8 Å². The summed E-state index contributed by atoms with van der Waals surface area (Å²) in [6.45, 7) is 11.5. The molecule has 7 atom stereocenters. The maximum absolute atomic E-state index is 13.6. The SMILES string of the molecule is COC1C(OC(=O)NCCCOCCOCCOCCCNC(=O)C(CSc2nc3c(=O)[nH]c(N)nc3n2Cc2ccc(F)cc2)NC(C)=O)CCC2(CO2)C1C1(C)OC1CC=C(C)C. The van der Waals surface area contributed by atoms with Crippen LogP contribution in [-0.2, 0) is 49.3 Å². The van der Waals surface area contributed by atoms with Crippen LogP contribution in [0.2, 0.25) is 0 Å². The van der Waals surface area contributed by atoms with E-state index in [0.29, 0.717) is 83.8 Å². The second kappa shape index (κ2) is 23.2. The van der Waals surface area contributed by atoms with Gasteiger partial charge in [-0.2, -0.15) is 4.98 Å². The number of carbonyl (C=O) groups excluding carboxylic acids is 3. The summed E-state index contributed by atoms with van der Waals surface area (Å²) in [5.41, 5.74) is 6.86. The Balaban J connectivity index is 0.803. The van der Waals surface area contributed by atoms with Crippen molar-refractivity contribution in [2.24, 2.45) is 5.92 Å². The van der Waals surface area contributed by atoms with Gasteiger partial charge in [0, 0.05) is 46.1 Å². The number of imidazole rings is 1. The number of halogens is 1. The van der Waals surface area contributed by atoms with E-state index in [1.807, 2.05) is 0 Å². The summed E-state index contributed by atoms with van der Waals surface area (Å²) >= 11 is 1.15. The molecule has 7 unspecified atom stereocenters. The molecule has 358 valence electrons. The van der Waals surface area contributed by atoms with Gasteiger partial charge in [0.05, 0.1) is 51.6 Å². The highest BCUT2D eigenvalue weighted by atomic mass is 32.2. The van der Waals surface area contributed by atoms with Crippen molar-refractivity contribution in [3.8, 4) is 0 Å². The first-order valence-corrected chi connectivity index (χ1v) is 23.0. The topological polar surface area (TPSA) is 248 Å². The highest BCUT2D eigenvalue weighted by molar-refractivity contribution is 7.99. The van der Waals surface area contributed by atoms with Gasteiger partial charge in [-0.15, -0.1) is 0 Å². The second-order valence-electron chi connectivity index (χ2n) is 16.9. The Hall–Kier alpha value is -4.64. The number of allylic oxidation sites excluding steroid dienone is 1. The van der Waals surface area contributed by atoms with Crippen LogP contribution in [0.3, 0.4) is 0 Å². The highest BCUT2D eigenvalue weighted by Gasteiger charge is 2.72. The minimum Gasteiger partial charge on any atom is -0.443 e. The van der Waals surface area contributed by atoms with Gasteiger partial charge in [-0.3, -0.25) is 23.9 Å². The lowest BCUT2D eigenvalue weighted by Gasteiger charge is -2.42. The zero-order valence-electron chi connectivity index (χ0n) is 37.8. The zero-order valence-corrected chi connectivity index (χ0v) is 38.6. The molecule has 2 saturated heterocycles. The molecule has 1 aliphatic carbocycles. The van der Waals surface area contributed by atoms with E-state index in [4.69, 9.17) is 38.9 Å². The van der Waals surface area contributed by atoms with Gasteiger partial charge in [0.2, 0.25) is 17.8 Å². The molecule has 2 aromatic heterocycles. The quantitative estimate of drug-likeness (QED) is 0.0336. The predicted molar refractivity (Wildman–Crippen MR) is 239 cm³/mol. The Bertz CT molecular complexity index is 2170. The lowest BCUT2D eigenvalue weighted by molar-refractivity contribution is -0.127. The number of nitrogens with two attached hydrogens (primary N) is 1. The molecule has 6 N–H and O–H groups in total. The first kappa shape index (κ1) is 49.8. The van der Waals surface area contributed by atoms with Crippen molar-refractivity contribution in [2.45, 2.75) is 107 Å². The van der Waals surface area contributed by atoms with E-state index in [1.54, 1.807) is 23.8 Å². The average molecular weight is 931 g/mol. The monoisotopic (exact) mass is 930 g/mol. The van der Waals surface area contributed by atoms with Crippen LogP contribution in [0.5, 0.6) is 0 Å². The molecular formula is C44H63FN8O11S. The number of aromatic nitrogens is 4. The molecule has 0 radical (unpaired) electrons. The van der Waals surface area contributed by atoms with E-state index >= 15 is 0 Å². The molecule has 3 fully saturated rings. The van der Waals surface area contributed by atoms with Gasteiger partial charge in [-0.25, -0.2) is 14.2 Å². The number of alkyl carbamates (subject to hydrolysis) is 1. The average Bonchev–Trinajstić information content (AvgIpc) is 4.15. The van der Waals surface area contributed by atoms with E-state index in [-0.39, 0.29) is 53.1 Å². The Morgan fingerprint density at radius 1 is 1.03 bits per heavy atom. The number of nitrogens with one attached hydrogen (secondary N) is 4. The molecule has 65 heavy (non-hydrogen) atoms. The minimum absolute atomic E-state index is 0.0382. The van der Waals surface area contributed by atoms with Crippen molar-refractivity contribution in [3.05, 3.63) is 57.6 Å². The maximum atomic E-state index is 13.6. The number of epoxide rings is 2. The predicted octanol–water partition coefficient (Wildman–Crippen LogP) is 3.23. The number of thioether (sulfide) groups is 1. The largest absolute Gasteiger partial charge is 0.443 e. The summed E-state index contributed by atoms with van der Waals surface area (Å²) < 4.78 is 56.2. The summed E-state index contributed by atoms with van der Waals surface area (Å²) in [7, 11) is 1.66. The maximum Gasteiger partial charge on any atom is 0.407 e. The molecule has 1 aromatic carbocycles. The van der Waals surface area contributed by atoms with Gasteiger partial charge in [0.1, 0.15) is 35.3 Å². The fraction of sp³-hybridized carbons (Fsp3) is 0.636. The standard InChI is InChI=1S/C44H63FN8O11S/c1-27(2)8-13-33-43(4,64-33)36-35(58-5)32(14-15-44(36)26-62-44)63-42(57)48-17-7-19-60-21-23-61-22-20-59-18-6-16-47-38(55)31(49-28(3)54)25-65-41-50-34-37(51-40(46)52-39(34)56)53(41)24-29-9-11-30(45)12-10-29/h8-12,31-33,35-36H,6-7,13-26H2,1-5H3,(H,47,55)(H,48,57)(H,49,54)(H3,46,51,52,56). The van der Waals surface area contributed by atoms with Crippen LogP contribution in [0.4, 0.5) is 15.1 Å². The smallest absolute Gasteiger partial charge is 0.407 e. The van der Waals surface area contributed by atoms with Gasteiger partial charge in [0.15, 0.2) is 16.3 Å².